The first kappa shape index (κ1) is 18.0. The molecule has 0 spiro atoms. The second-order valence-electron chi connectivity index (χ2n) is 7.16. The van der Waals surface area contributed by atoms with Gasteiger partial charge in [0, 0.05) is 18.5 Å². The molecule has 138 valence electrons. The number of benzene rings is 1. The van der Waals surface area contributed by atoms with Gasteiger partial charge in [-0.1, -0.05) is 0 Å². The highest BCUT2D eigenvalue weighted by molar-refractivity contribution is 6.00. The lowest BCUT2D eigenvalue weighted by molar-refractivity contribution is -0.123. The summed E-state index contributed by atoms with van der Waals surface area (Å²) in [6, 6.07) is 8.64. The molecule has 2 heterocycles. The Kier molecular flexibility index (Phi) is 5.02. The molecule has 6 heteroatoms. The van der Waals surface area contributed by atoms with E-state index < -0.39 is 5.60 Å². The van der Waals surface area contributed by atoms with Gasteiger partial charge in [-0.05, 0) is 45.0 Å². The highest BCUT2D eigenvalue weighted by Gasteiger charge is 2.32. The lowest BCUT2D eigenvalue weighted by Gasteiger charge is -2.31. The molecule has 0 bridgehead atoms. The number of rotatable bonds is 6. The van der Waals surface area contributed by atoms with Crippen molar-refractivity contribution in [2.45, 2.75) is 45.3 Å². The molecule has 1 aliphatic heterocycles. The van der Waals surface area contributed by atoms with Gasteiger partial charge in [0.25, 0.3) is 5.91 Å². The number of hydrogen-bond acceptors (Lipinski definition) is 5. The van der Waals surface area contributed by atoms with Gasteiger partial charge in [0.15, 0.2) is 12.4 Å². The molecule has 6 nitrogen and oxygen atoms in total. The van der Waals surface area contributed by atoms with Crippen LogP contribution in [0, 0.1) is 0 Å². The Hall–Kier alpha value is -2.76. The van der Waals surface area contributed by atoms with E-state index in [1.807, 2.05) is 32.9 Å². The number of amides is 1. The molecule has 3 rings (SSSR count). The minimum Gasteiger partial charge on any atom is -0.486 e. The van der Waals surface area contributed by atoms with E-state index in [9.17, 15) is 9.59 Å². The van der Waals surface area contributed by atoms with E-state index in [1.54, 1.807) is 24.5 Å². The zero-order valence-corrected chi connectivity index (χ0v) is 15.2. The normalized spacial score (nSPS) is 16.3. The maximum atomic E-state index is 12.1. The van der Waals surface area contributed by atoms with Crippen molar-refractivity contribution in [3.05, 3.63) is 47.9 Å². The van der Waals surface area contributed by atoms with Crippen LogP contribution < -0.4 is 14.8 Å². The van der Waals surface area contributed by atoms with Crippen molar-refractivity contribution in [2.24, 2.45) is 0 Å². The molecule has 1 N–H and O–H groups in total. The van der Waals surface area contributed by atoms with Crippen LogP contribution in [-0.4, -0.2) is 29.9 Å². The van der Waals surface area contributed by atoms with Crippen LogP contribution in [0.2, 0.25) is 0 Å². The number of nitrogens with one attached hydrogen (secondary N) is 1. The topological polar surface area (TPSA) is 77.8 Å². The summed E-state index contributed by atoms with van der Waals surface area (Å²) in [4.78, 5) is 24.2. The van der Waals surface area contributed by atoms with Crippen molar-refractivity contribution in [3.8, 4) is 11.5 Å². The lowest BCUT2D eigenvalue weighted by Crippen LogP contribution is -2.37. The predicted molar refractivity (Wildman–Crippen MR) is 95.6 cm³/mol. The average Bonchev–Trinajstić information content (AvgIpc) is 3.04. The van der Waals surface area contributed by atoms with Crippen LogP contribution in [0.3, 0.4) is 0 Å². The molecular formula is C20H23NO5. The fraction of sp³-hybridized carbons (Fsp3) is 0.400. The van der Waals surface area contributed by atoms with Crippen molar-refractivity contribution in [2.75, 3.05) is 6.61 Å². The Morgan fingerprint density at radius 3 is 2.88 bits per heavy atom. The van der Waals surface area contributed by atoms with E-state index in [0.29, 0.717) is 29.9 Å². The van der Waals surface area contributed by atoms with E-state index >= 15 is 0 Å². The summed E-state index contributed by atoms with van der Waals surface area (Å²) < 4.78 is 16.7. The third-order valence-corrected chi connectivity index (χ3v) is 4.09. The number of Topliss-reactive ketones (excluding diaryl/α,β-unsaturated/α-hetero) is 1. The van der Waals surface area contributed by atoms with Crippen molar-refractivity contribution in [1.82, 2.24) is 5.32 Å². The summed E-state index contributed by atoms with van der Waals surface area (Å²) in [5, 5.41) is 2.86. The highest BCUT2D eigenvalue weighted by Crippen LogP contribution is 2.35. The summed E-state index contributed by atoms with van der Waals surface area (Å²) in [5.41, 5.74) is 0.00894. The maximum Gasteiger partial charge on any atom is 0.258 e. The fourth-order valence-electron chi connectivity index (χ4n) is 2.97. The maximum absolute atomic E-state index is 12.1. The number of furan rings is 1. The standard InChI is InChI=1S/C20H23NO5/c1-13(9-14-5-4-8-24-14)21-19(23)12-25-15-6-7-16-17(22)11-20(2,3)26-18(16)10-15/h4-8,10,13H,9,11-12H2,1-3H3,(H,21,23). The van der Waals surface area contributed by atoms with Gasteiger partial charge in [0.1, 0.15) is 22.9 Å². The largest absolute Gasteiger partial charge is 0.486 e. The van der Waals surface area contributed by atoms with Crippen LogP contribution in [0.1, 0.15) is 43.3 Å². The Labute approximate surface area is 152 Å². The van der Waals surface area contributed by atoms with Gasteiger partial charge in [-0.3, -0.25) is 9.59 Å². The highest BCUT2D eigenvalue weighted by atomic mass is 16.5. The molecule has 1 aliphatic rings. The van der Waals surface area contributed by atoms with E-state index in [-0.39, 0.29) is 24.3 Å². The minimum atomic E-state index is -0.540. The SMILES string of the molecule is CC(Cc1ccco1)NC(=O)COc1ccc2c(c1)OC(C)(C)CC2=O. The third kappa shape index (κ3) is 4.45. The molecule has 1 aromatic heterocycles. The zero-order valence-electron chi connectivity index (χ0n) is 15.2. The molecule has 0 aliphatic carbocycles. The van der Waals surface area contributed by atoms with Crippen LogP contribution in [0.5, 0.6) is 11.5 Å². The average molecular weight is 357 g/mol. The molecule has 0 saturated carbocycles. The van der Waals surface area contributed by atoms with Gasteiger partial charge >= 0.3 is 0 Å². The van der Waals surface area contributed by atoms with E-state index in [0.717, 1.165) is 5.76 Å². The predicted octanol–water partition coefficient (Wildman–Crippen LogP) is 3.15. The van der Waals surface area contributed by atoms with Crippen LogP contribution in [0.15, 0.2) is 41.0 Å². The summed E-state index contributed by atoms with van der Waals surface area (Å²) >= 11 is 0. The molecule has 2 aromatic rings. The molecule has 1 amide bonds. The van der Waals surface area contributed by atoms with Crippen LogP contribution >= 0.6 is 0 Å². The van der Waals surface area contributed by atoms with Gasteiger partial charge in [-0.25, -0.2) is 0 Å². The molecule has 26 heavy (non-hydrogen) atoms. The summed E-state index contributed by atoms with van der Waals surface area (Å²) in [6.07, 6.45) is 2.57. The summed E-state index contributed by atoms with van der Waals surface area (Å²) in [7, 11) is 0. The van der Waals surface area contributed by atoms with E-state index in [1.165, 1.54) is 0 Å². The quantitative estimate of drug-likeness (QED) is 0.859. The minimum absolute atomic E-state index is 0.0484. The lowest BCUT2D eigenvalue weighted by atomic mass is 9.93. The molecular weight excluding hydrogens is 334 g/mol. The number of fused-ring (bicyclic) bond motifs is 1. The monoisotopic (exact) mass is 357 g/mol. The molecule has 0 saturated heterocycles. The Bertz CT molecular complexity index is 795. The van der Waals surface area contributed by atoms with Crippen molar-refractivity contribution in [1.29, 1.82) is 0 Å². The van der Waals surface area contributed by atoms with Gasteiger partial charge in [0.05, 0.1) is 18.2 Å². The van der Waals surface area contributed by atoms with Gasteiger partial charge in [0.2, 0.25) is 0 Å². The number of ether oxygens (including phenoxy) is 2. The molecule has 0 radical (unpaired) electrons. The fourth-order valence-corrected chi connectivity index (χ4v) is 2.97. The zero-order chi connectivity index (χ0) is 18.7. The Morgan fingerprint density at radius 2 is 2.15 bits per heavy atom. The second kappa shape index (κ2) is 7.23. The van der Waals surface area contributed by atoms with E-state index in [2.05, 4.69) is 5.32 Å². The van der Waals surface area contributed by atoms with Crippen LogP contribution in [0.4, 0.5) is 0 Å². The van der Waals surface area contributed by atoms with E-state index in [4.69, 9.17) is 13.9 Å². The Balaban J connectivity index is 1.55. The number of carbonyl (C=O) groups excluding carboxylic acids is 2. The first-order valence-corrected chi connectivity index (χ1v) is 8.63. The van der Waals surface area contributed by atoms with Crippen molar-refractivity contribution in [3.63, 3.8) is 0 Å². The van der Waals surface area contributed by atoms with Crippen molar-refractivity contribution >= 4 is 11.7 Å². The van der Waals surface area contributed by atoms with Gasteiger partial charge in [-0.2, -0.15) is 0 Å². The summed E-state index contributed by atoms with van der Waals surface area (Å²) in [6.45, 7) is 5.53. The second-order valence-corrected chi connectivity index (χ2v) is 7.16. The van der Waals surface area contributed by atoms with Crippen LogP contribution in [-0.2, 0) is 11.2 Å². The van der Waals surface area contributed by atoms with Gasteiger partial charge < -0.3 is 19.2 Å². The first-order valence-electron chi connectivity index (χ1n) is 8.63. The number of ketones is 1. The smallest absolute Gasteiger partial charge is 0.258 e. The number of hydrogen-bond donors (Lipinski definition) is 1. The molecule has 1 aromatic carbocycles. The summed E-state index contributed by atoms with van der Waals surface area (Å²) in [5.74, 6) is 1.63. The molecule has 0 fully saturated rings. The van der Waals surface area contributed by atoms with Gasteiger partial charge in [-0.15, -0.1) is 0 Å². The number of carbonyl (C=O) groups is 2. The third-order valence-electron chi connectivity index (χ3n) is 4.09. The Morgan fingerprint density at radius 1 is 1.35 bits per heavy atom. The molecule has 1 atom stereocenters. The first-order chi connectivity index (χ1) is 12.3. The van der Waals surface area contributed by atoms with Crippen molar-refractivity contribution < 1.29 is 23.5 Å². The molecule has 1 unspecified atom stereocenters. The van der Waals surface area contributed by atoms with Crippen LogP contribution in [0.25, 0.3) is 0 Å².